The number of nitrogens with one attached hydrogen (secondary N) is 1. The van der Waals surface area contributed by atoms with E-state index < -0.39 is 0 Å². The standard InChI is InChI=1S/C18H26ClN3O/c1-11-17(19)12(2)22(21-11)9-16(23)20-10-18-6-13-3-14(7-18)5-15(4-13)8-18/h13-15H,3-10H2,1-2H3,(H,20,23). The topological polar surface area (TPSA) is 46.9 Å². The maximum absolute atomic E-state index is 12.4. The summed E-state index contributed by atoms with van der Waals surface area (Å²) in [5, 5.41) is 8.22. The molecule has 126 valence electrons. The fraction of sp³-hybridized carbons (Fsp3) is 0.778. The molecule has 4 fully saturated rings. The molecule has 1 N–H and O–H groups in total. The molecule has 1 amide bonds. The summed E-state index contributed by atoms with van der Waals surface area (Å²) in [5.74, 6) is 2.83. The van der Waals surface area contributed by atoms with Gasteiger partial charge in [-0.25, -0.2) is 0 Å². The van der Waals surface area contributed by atoms with E-state index in [1.165, 1.54) is 38.5 Å². The van der Waals surface area contributed by atoms with Crippen molar-refractivity contribution in [1.82, 2.24) is 15.1 Å². The van der Waals surface area contributed by atoms with Crippen molar-refractivity contribution >= 4 is 17.5 Å². The van der Waals surface area contributed by atoms with Crippen LogP contribution in [0.2, 0.25) is 5.02 Å². The van der Waals surface area contributed by atoms with Crippen molar-refractivity contribution in [3.05, 3.63) is 16.4 Å². The molecule has 0 saturated heterocycles. The first-order valence-corrected chi connectivity index (χ1v) is 9.28. The molecule has 4 aliphatic rings. The Morgan fingerprint density at radius 2 is 1.78 bits per heavy atom. The van der Waals surface area contributed by atoms with Crippen molar-refractivity contribution in [2.75, 3.05) is 6.54 Å². The lowest BCUT2D eigenvalue weighted by Crippen LogP contribution is -2.51. The number of aromatic nitrogens is 2. The maximum atomic E-state index is 12.4. The van der Waals surface area contributed by atoms with Gasteiger partial charge in [-0.15, -0.1) is 0 Å². The van der Waals surface area contributed by atoms with Crippen molar-refractivity contribution < 1.29 is 4.79 Å². The lowest BCUT2D eigenvalue weighted by atomic mass is 9.49. The van der Waals surface area contributed by atoms with Gasteiger partial charge in [-0.3, -0.25) is 9.48 Å². The van der Waals surface area contributed by atoms with Crippen LogP contribution >= 0.6 is 11.6 Å². The lowest BCUT2D eigenvalue weighted by molar-refractivity contribution is -0.124. The molecule has 0 aromatic carbocycles. The number of halogens is 1. The maximum Gasteiger partial charge on any atom is 0.241 e. The van der Waals surface area contributed by atoms with Gasteiger partial charge in [0, 0.05) is 6.54 Å². The Balaban J connectivity index is 1.37. The highest BCUT2D eigenvalue weighted by Gasteiger charge is 2.50. The van der Waals surface area contributed by atoms with Gasteiger partial charge in [0.2, 0.25) is 5.91 Å². The van der Waals surface area contributed by atoms with Crippen LogP contribution in [0.1, 0.15) is 49.9 Å². The molecule has 1 aromatic rings. The Hall–Kier alpha value is -1.03. The Morgan fingerprint density at radius 1 is 1.22 bits per heavy atom. The summed E-state index contributed by atoms with van der Waals surface area (Å²) < 4.78 is 1.71. The zero-order valence-electron chi connectivity index (χ0n) is 14.1. The number of amides is 1. The third kappa shape index (κ3) is 2.79. The SMILES string of the molecule is Cc1nn(CC(=O)NCC23CC4CC(CC(C4)C2)C3)c(C)c1Cl. The Bertz CT molecular complexity index is 601. The van der Waals surface area contributed by atoms with Crippen LogP contribution in [0.25, 0.3) is 0 Å². The fourth-order valence-corrected chi connectivity index (χ4v) is 5.95. The molecule has 1 aromatic heterocycles. The zero-order chi connectivity index (χ0) is 16.2. The zero-order valence-corrected chi connectivity index (χ0v) is 14.8. The molecule has 23 heavy (non-hydrogen) atoms. The average molecular weight is 336 g/mol. The molecular weight excluding hydrogens is 310 g/mol. The van der Waals surface area contributed by atoms with E-state index >= 15 is 0 Å². The molecule has 0 radical (unpaired) electrons. The quantitative estimate of drug-likeness (QED) is 0.915. The third-order valence-electron chi connectivity index (χ3n) is 6.41. The first-order valence-electron chi connectivity index (χ1n) is 8.90. The van der Waals surface area contributed by atoms with E-state index in [9.17, 15) is 4.79 Å². The molecule has 0 aliphatic heterocycles. The number of carbonyl (C=O) groups is 1. The van der Waals surface area contributed by atoms with Crippen LogP contribution in [0.5, 0.6) is 0 Å². The van der Waals surface area contributed by atoms with Crippen molar-refractivity contribution in [3.8, 4) is 0 Å². The van der Waals surface area contributed by atoms with Crippen LogP contribution in [0.3, 0.4) is 0 Å². The van der Waals surface area contributed by atoms with E-state index in [-0.39, 0.29) is 12.5 Å². The highest BCUT2D eigenvalue weighted by atomic mass is 35.5. The molecule has 4 nitrogen and oxygen atoms in total. The highest BCUT2D eigenvalue weighted by molar-refractivity contribution is 6.31. The number of hydrogen-bond acceptors (Lipinski definition) is 2. The van der Waals surface area contributed by atoms with Gasteiger partial charge in [-0.05, 0) is 75.5 Å². The first-order chi connectivity index (χ1) is 10.9. The molecule has 0 unspecified atom stereocenters. The smallest absolute Gasteiger partial charge is 0.241 e. The Morgan fingerprint density at radius 3 is 2.26 bits per heavy atom. The van der Waals surface area contributed by atoms with Gasteiger partial charge in [0.05, 0.1) is 16.4 Å². The van der Waals surface area contributed by atoms with Gasteiger partial charge in [0.25, 0.3) is 0 Å². The van der Waals surface area contributed by atoms with Crippen LogP contribution < -0.4 is 5.32 Å². The molecule has 0 atom stereocenters. The van der Waals surface area contributed by atoms with Crippen LogP contribution in [0.15, 0.2) is 0 Å². The number of carbonyl (C=O) groups excluding carboxylic acids is 1. The van der Waals surface area contributed by atoms with E-state index in [2.05, 4.69) is 10.4 Å². The molecular formula is C18H26ClN3O. The minimum Gasteiger partial charge on any atom is -0.354 e. The van der Waals surface area contributed by atoms with Crippen molar-refractivity contribution in [1.29, 1.82) is 0 Å². The minimum atomic E-state index is 0.0583. The van der Waals surface area contributed by atoms with Crippen LogP contribution in [-0.4, -0.2) is 22.2 Å². The molecule has 1 heterocycles. The number of aryl methyl sites for hydroxylation is 1. The van der Waals surface area contributed by atoms with Gasteiger partial charge >= 0.3 is 0 Å². The summed E-state index contributed by atoms with van der Waals surface area (Å²) in [7, 11) is 0. The molecule has 5 rings (SSSR count). The molecule has 0 spiro atoms. The summed E-state index contributed by atoms with van der Waals surface area (Å²) in [6.45, 7) is 4.90. The lowest BCUT2D eigenvalue weighted by Gasteiger charge is -2.56. The second-order valence-electron chi connectivity index (χ2n) is 8.34. The second kappa shape index (κ2) is 5.51. The Labute approximate surface area is 143 Å². The molecule has 4 bridgehead atoms. The largest absolute Gasteiger partial charge is 0.354 e. The van der Waals surface area contributed by atoms with Gasteiger partial charge in [-0.2, -0.15) is 5.10 Å². The number of hydrogen-bond donors (Lipinski definition) is 1. The normalized spacial score (nSPS) is 34.8. The summed E-state index contributed by atoms with van der Waals surface area (Å²) in [5.41, 5.74) is 2.05. The van der Waals surface area contributed by atoms with Gasteiger partial charge < -0.3 is 5.32 Å². The second-order valence-corrected chi connectivity index (χ2v) is 8.71. The number of nitrogens with zero attached hydrogens (tertiary/aromatic N) is 2. The van der Waals surface area contributed by atoms with Gasteiger partial charge in [-0.1, -0.05) is 11.6 Å². The Kier molecular flexibility index (Phi) is 3.71. The fourth-order valence-electron chi connectivity index (χ4n) is 5.81. The van der Waals surface area contributed by atoms with E-state index in [4.69, 9.17) is 11.6 Å². The average Bonchev–Trinajstić information content (AvgIpc) is 2.71. The van der Waals surface area contributed by atoms with Crippen LogP contribution in [-0.2, 0) is 11.3 Å². The monoisotopic (exact) mass is 335 g/mol. The minimum absolute atomic E-state index is 0.0583. The highest BCUT2D eigenvalue weighted by Crippen LogP contribution is 2.59. The predicted molar refractivity (Wildman–Crippen MR) is 90.3 cm³/mol. The van der Waals surface area contributed by atoms with Gasteiger partial charge in [0.15, 0.2) is 0 Å². The first kappa shape index (κ1) is 15.5. The van der Waals surface area contributed by atoms with Crippen LogP contribution in [0, 0.1) is 37.0 Å². The summed E-state index contributed by atoms with van der Waals surface area (Å²) in [6, 6.07) is 0. The number of rotatable bonds is 4. The third-order valence-corrected chi connectivity index (χ3v) is 6.96. The van der Waals surface area contributed by atoms with E-state index in [1.54, 1.807) is 4.68 Å². The predicted octanol–water partition coefficient (Wildman–Crippen LogP) is 3.49. The van der Waals surface area contributed by atoms with E-state index in [0.29, 0.717) is 10.4 Å². The summed E-state index contributed by atoms with van der Waals surface area (Å²) in [6.07, 6.45) is 8.30. The summed E-state index contributed by atoms with van der Waals surface area (Å²) in [4.78, 5) is 12.4. The van der Waals surface area contributed by atoms with Crippen molar-refractivity contribution in [2.24, 2.45) is 23.2 Å². The van der Waals surface area contributed by atoms with Gasteiger partial charge in [0.1, 0.15) is 6.54 Å². The van der Waals surface area contributed by atoms with Crippen molar-refractivity contribution in [2.45, 2.75) is 58.9 Å². The van der Waals surface area contributed by atoms with E-state index in [1.807, 2.05) is 13.8 Å². The summed E-state index contributed by atoms with van der Waals surface area (Å²) >= 11 is 6.15. The molecule has 4 saturated carbocycles. The molecule has 4 aliphatic carbocycles. The van der Waals surface area contributed by atoms with Crippen LogP contribution in [0.4, 0.5) is 0 Å². The van der Waals surface area contributed by atoms with Crippen molar-refractivity contribution in [3.63, 3.8) is 0 Å². The molecule has 5 heteroatoms. The van der Waals surface area contributed by atoms with E-state index in [0.717, 1.165) is 35.7 Å².